The second-order valence-electron chi connectivity index (χ2n) is 5.77. The van der Waals surface area contributed by atoms with Crippen LogP contribution in [0.3, 0.4) is 0 Å². The van der Waals surface area contributed by atoms with Gasteiger partial charge in [0.05, 0.1) is 19.8 Å². The normalized spacial score (nSPS) is 14.6. The summed E-state index contributed by atoms with van der Waals surface area (Å²) in [5.41, 5.74) is 2.47. The number of benzene rings is 3. The minimum absolute atomic E-state index is 0.0820. The molecule has 5 heteroatoms. The lowest BCUT2D eigenvalue weighted by molar-refractivity contribution is 0.107. The van der Waals surface area contributed by atoms with Gasteiger partial charge in [0.2, 0.25) is 5.52 Å². The topological polar surface area (TPSA) is 44.8 Å². The summed E-state index contributed by atoms with van der Waals surface area (Å²) in [6, 6.07) is 20.9. The van der Waals surface area contributed by atoms with Gasteiger partial charge in [-0.15, -0.1) is 0 Å². The number of methoxy groups -OCH3 is 2. The molecule has 0 bridgehead atoms. The van der Waals surface area contributed by atoms with E-state index in [9.17, 15) is 4.79 Å². The molecular formula is C21H17O4P. The fraction of sp³-hybridized carbons (Fsp3) is 0.0952. The van der Waals surface area contributed by atoms with Gasteiger partial charge in [-0.2, -0.15) is 0 Å². The maximum atomic E-state index is 13.3. The second kappa shape index (κ2) is 6.81. The number of ether oxygens (including phenoxy) is 2. The molecule has 0 spiro atoms. The third kappa shape index (κ3) is 2.73. The van der Waals surface area contributed by atoms with Crippen LogP contribution >= 0.6 is 8.15 Å². The number of para-hydroxylation sites is 1. The van der Waals surface area contributed by atoms with Crippen molar-refractivity contribution in [2.75, 3.05) is 14.2 Å². The minimum atomic E-state index is -1.51. The lowest BCUT2D eigenvalue weighted by atomic mass is 10.0. The van der Waals surface area contributed by atoms with E-state index in [1.807, 2.05) is 48.5 Å². The van der Waals surface area contributed by atoms with Gasteiger partial charge in [0.1, 0.15) is 17.2 Å². The molecule has 0 N–H and O–H groups in total. The average Bonchev–Trinajstić information content (AvgIpc) is 2.72. The Kier molecular flexibility index (Phi) is 4.36. The first-order chi connectivity index (χ1) is 12.7. The monoisotopic (exact) mass is 364 g/mol. The van der Waals surface area contributed by atoms with Crippen LogP contribution in [-0.2, 0) is 0 Å². The van der Waals surface area contributed by atoms with E-state index in [-0.39, 0.29) is 5.52 Å². The van der Waals surface area contributed by atoms with Gasteiger partial charge < -0.3 is 14.0 Å². The van der Waals surface area contributed by atoms with Crippen LogP contribution in [0.1, 0.15) is 10.4 Å². The highest BCUT2D eigenvalue weighted by molar-refractivity contribution is 7.78. The number of rotatable bonds is 4. The molecule has 0 fully saturated rings. The van der Waals surface area contributed by atoms with Crippen LogP contribution in [0.15, 0.2) is 66.7 Å². The van der Waals surface area contributed by atoms with Gasteiger partial charge in [0.25, 0.3) is 0 Å². The van der Waals surface area contributed by atoms with Crippen LogP contribution in [0.2, 0.25) is 0 Å². The number of hydrogen-bond donors (Lipinski definition) is 0. The summed E-state index contributed by atoms with van der Waals surface area (Å²) in [5, 5.41) is 0.920. The lowest BCUT2D eigenvalue weighted by Crippen LogP contribution is -2.19. The van der Waals surface area contributed by atoms with Gasteiger partial charge in [-0.05, 0) is 23.8 Å². The van der Waals surface area contributed by atoms with Gasteiger partial charge in [-0.3, -0.25) is 4.79 Å². The first kappa shape index (κ1) is 16.6. The number of fused-ring (bicyclic) bond motifs is 3. The summed E-state index contributed by atoms with van der Waals surface area (Å²) < 4.78 is 16.8. The molecule has 26 heavy (non-hydrogen) atoms. The fourth-order valence-corrected chi connectivity index (χ4v) is 4.82. The molecule has 4 nitrogen and oxygen atoms in total. The van der Waals surface area contributed by atoms with Crippen LogP contribution in [0.4, 0.5) is 0 Å². The van der Waals surface area contributed by atoms with Crippen LogP contribution in [0, 0.1) is 0 Å². The van der Waals surface area contributed by atoms with E-state index in [0.29, 0.717) is 17.1 Å². The highest BCUT2D eigenvalue weighted by Gasteiger charge is 2.34. The Morgan fingerprint density at radius 2 is 1.62 bits per heavy atom. The minimum Gasteiger partial charge on any atom is -0.497 e. The first-order valence-corrected chi connectivity index (χ1v) is 9.42. The number of hydrogen-bond acceptors (Lipinski definition) is 4. The molecule has 0 saturated carbocycles. The molecule has 0 radical (unpaired) electrons. The summed E-state index contributed by atoms with van der Waals surface area (Å²) in [5.74, 6) is 1.86. The molecule has 0 aliphatic carbocycles. The molecule has 1 heterocycles. The zero-order valence-electron chi connectivity index (χ0n) is 14.4. The molecule has 0 amide bonds. The Morgan fingerprint density at radius 1 is 0.885 bits per heavy atom. The maximum absolute atomic E-state index is 13.3. The Hall–Kier alpha value is -2.84. The number of carbonyl (C=O) groups is 1. The van der Waals surface area contributed by atoms with E-state index >= 15 is 0 Å². The van der Waals surface area contributed by atoms with Crippen LogP contribution in [-0.4, -0.2) is 19.7 Å². The lowest BCUT2D eigenvalue weighted by Gasteiger charge is -2.27. The summed E-state index contributed by atoms with van der Waals surface area (Å²) >= 11 is 0. The smallest absolute Gasteiger partial charge is 0.232 e. The van der Waals surface area contributed by atoms with Crippen molar-refractivity contribution in [2.45, 2.75) is 0 Å². The van der Waals surface area contributed by atoms with Gasteiger partial charge in [0, 0.05) is 16.9 Å². The summed E-state index contributed by atoms with van der Waals surface area (Å²) in [6.45, 7) is 0. The van der Waals surface area contributed by atoms with E-state index in [1.165, 1.54) is 0 Å². The zero-order valence-corrected chi connectivity index (χ0v) is 15.3. The molecule has 0 aromatic heterocycles. The van der Waals surface area contributed by atoms with Crippen LogP contribution in [0.25, 0.3) is 11.1 Å². The predicted octanol–water partition coefficient (Wildman–Crippen LogP) is 4.63. The number of carbonyl (C=O) groups excluding carboxylic acids is 1. The molecule has 1 aliphatic heterocycles. The van der Waals surface area contributed by atoms with Crippen molar-refractivity contribution in [1.82, 2.24) is 0 Å². The van der Waals surface area contributed by atoms with Gasteiger partial charge in [-0.25, -0.2) is 0 Å². The van der Waals surface area contributed by atoms with Gasteiger partial charge >= 0.3 is 0 Å². The molecular weight excluding hydrogens is 347 g/mol. The van der Waals surface area contributed by atoms with E-state index in [0.717, 1.165) is 22.2 Å². The van der Waals surface area contributed by atoms with E-state index in [1.54, 1.807) is 32.4 Å². The van der Waals surface area contributed by atoms with Crippen LogP contribution in [0.5, 0.6) is 17.2 Å². The van der Waals surface area contributed by atoms with Crippen molar-refractivity contribution < 1.29 is 18.8 Å². The van der Waals surface area contributed by atoms with Crippen molar-refractivity contribution in [1.29, 1.82) is 0 Å². The van der Waals surface area contributed by atoms with Crippen molar-refractivity contribution in [2.24, 2.45) is 0 Å². The van der Waals surface area contributed by atoms with E-state index in [2.05, 4.69) is 0 Å². The highest BCUT2D eigenvalue weighted by Crippen LogP contribution is 2.51. The van der Waals surface area contributed by atoms with Crippen molar-refractivity contribution >= 4 is 19.0 Å². The molecule has 4 rings (SSSR count). The van der Waals surface area contributed by atoms with Crippen LogP contribution < -0.4 is 19.3 Å². The third-order valence-electron chi connectivity index (χ3n) is 4.31. The first-order valence-electron chi connectivity index (χ1n) is 8.16. The summed E-state index contributed by atoms with van der Waals surface area (Å²) in [6.07, 6.45) is 0. The van der Waals surface area contributed by atoms with Crippen molar-refractivity contribution in [3.8, 4) is 28.4 Å². The molecule has 3 aromatic carbocycles. The van der Waals surface area contributed by atoms with Crippen molar-refractivity contribution in [3.63, 3.8) is 0 Å². The Morgan fingerprint density at radius 3 is 2.38 bits per heavy atom. The Labute approximate surface area is 153 Å². The van der Waals surface area contributed by atoms with Crippen molar-refractivity contribution in [3.05, 3.63) is 72.3 Å². The molecule has 3 aromatic rings. The molecule has 1 unspecified atom stereocenters. The molecule has 130 valence electrons. The van der Waals surface area contributed by atoms with E-state index < -0.39 is 8.15 Å². The quantitative estimate of drug-likeness (QED) is 0.634. The second-order valence-corrected chi connectivity index (χ2v) is 7.43. The standard InChI is InChI=1S/C21H17O4P/c1-23-14-11-12-17(19(13-14)24-2)21(22)26-20-10-6-4-8-16(20)15-7-3-5-9-18(15)25-26/h3-13H,1-2H3. The predicted molar refractivity (Wildman–Crippen MR) is 103 cm³/mol. The molecule has 1 aliphatic rings. The molecule has 1 atom stereocenters. The Bertz CT molecular complexity index is 983. The SMILES string of the molecule is COc1ccc(C(=O)P2Oc3ccccc3-c3ccccc32)c(OC)c1. The third-order valence-corrected chi connectivity index (χ3v) is 6.13. The van der Waals surface area contributed by atoms with E-state index in [4.69, 9.17) is 14.0 Å². The largest absolute Gasteiger partial charge is 0.497 e. The summed E-state index contributed by atoms with van der Waals surface area (Å²) in [4.78, 5) is 13.3. The average molecular weight is 364 g/mol. The maximum Gasteiger partial charge on any atom is 0.232 e. The Balaban J connectivity index is 1.81. The fourth-order valence-electron chi connectivity index (χ4n) is 3.03. The zero-order chi connectivity index (χ0) is 18.1. The van der Waals surface area contributed by atoms with Gasteiger partial charge in [0.15, 0.2) is 8.15 Å². The van der Waals surface area contributed by atoms with Gasteiger partial charge in [-0.1, -0.05) is 42.5 Å². The summed E-state index contributed by atoms with van der Waals surface area (Å²) in [7, 11) is 1.62. The molecule has 0 saturated heterocycles. The highest BCUT2D eigenvalue weighted by atomic mass is 31.1.